The molecule has 1 aromatic heterocycles. The molecule has 0 saturated carbocycles. The molecule has 25 heavy (non-hydrogen) atoms. The average Bonchev–Trinajstić information content (AvgIpc) is 3.04. The van der Waals surface area contributed by atoms with Crippen LogP contribution >= 0.6 is 11.8 Å². The van der Waals surface area contributed by atoms with Crippen molar-refractivity contribution in [1.82, 2.24) is 5.16 Å². The zero-order valence-corrected chi connectivity index (χ0v) is 17.3. The third-order valence-electron chi connectivity index (χ3n) is 4.34. The van der Waals surface area contributed by atoms with Gasteiger partial charge in [-0.2, -0.15) is 0 Å². The van der Waals surface area contributed by atoms with Crippen molar-refractivity contribution in [3.8, 4) is 0 Å². The number of carbonyl (C=O) groups excluding carboxylic acids is 1. The Morgan fingerprint density at radius 1 is 1.28 bits per heavy atom. The molecule has 8 heteroatoms. The van der Waals surface area contributed by atoms with Crippen LogP contribution in [0.25, 0.3) is 0 Å². The van der Waals surface area contributed by atoms with Crippen LogP contribution in [-0.4, -0.2) is 34.7 Å². The lowest BCUT2D eigenvalue weighted by atomic mass is 9.93. The molecule has 0 spiro atoms. The van der Waals surface area contributed by atoms with Gasteiger partial charge in [0.05, 0.1) is 5.25 Å². The van der Waals surface area contributed by atoms with Crippen LogP contribution in [0, 0.1) is 0 Å². The summed E-state index contributed by atoms with van der Waals surface area (Å²) in [5.74, 6) is 0.220. The first-order valence-electron chi connectivity index (χ1n) is 8.14. The normalized spacial score (nSPS) is 22.0. The molecular weight excluding hydrogens is 360 g/mol. The second kappa shape index (κ2) is 6.46. The monoisotopic (exact) mass is 386 g/mol. The molecule has 1 N–H and O–H groups in total. The number of nitrogens with one attached hydrogen (secondary N) is 1. The summed E-state index contributed by atoms with van der Waals surface area (Å²) in [7, 11) is -3.73. The van der Waals surface area contributed by atoms with Gasteiger partial charge in [0.15, 0.2) is 15.7 Å². The highest BCUT2D eigenvalue weighted by Crippen LogP contribution is 2.39. The van der Waals surface area contributed by atoms with Crippen LogP contribution in [-0.2, 0) is 20.0 Å². The molecule has 0 saturated heterocycles. The van der Waals surface area contributed by atoms with E-state index in [9.17, 15) is 13.2 Å². The summed E-state index contributed by atoms with van der Waals surface area (Å²) >= 11 is 1.52. The number of amides is 1. The van der Waals surface area contributed by atoms with Crippen molar-refractivity contribution in [1.29, 1.82) is 0 Å². The first kappa shape index (κ1) is 20.0. The minimum absolute atomic E-state index is 0.114. The number of thioether (sulfide) groups is 1. The van der Waals surface area contributed by atoms with Crippen LogP contribution < -0.4 is 5.32 Å². The fraction of sp³-hybridized carbons (Fsp3) is 0.647. The Balaban J connectivity index is 2.24. The van der Waals surface area contributed by atoms with Gasteiger partial charge in [-0.05, 0) is 25.7 Å². The van der Waals surface area contributed by atoms with Crippen molar-refractivity contribution >= 4 is 33.3 Å². The number of hydrogen-bond acceptors (Lipinski definition) is 6. The number of nitrogens with zero attached hydrogens (tertiary/aromatic N) is 1. The van der Waals surface area contributed by atoms with E-state index in [2.05, 4.69) is 10.5 Å². The van der Waals surface area contributed by atoms with Gasteiger partial charge in [-0.1, -0.05) is 38.9 Å². The van der Waals surface area contributed by atoms with E-state index in [-0.39, 0.29) is 16.5 Å². The van der Waals surface area contributed by atoms with Gasteiger partial charge < -0.3 is 9.84 Å². The molecule has 140 valence electrons. The molecular formula is C17H26N2O4S2. The molecule has 0 aliphatic carbocycles. The Bertz CT molecular complexity index is 801. The van der Waals surface area contributed by atoms with Crippen molar-refractivity contribution in [2.45, 2.75) is 69.1 Å². The summed E-state index contributed by atoms with van der Waals surface area (Å²) < 4.78 is 29.7. The number of rotatable bonds is 4. The smallest absolute Gasteiger partial charge is 0.246 e. The molecule has 0 bridgehead atoms. The molecule has 2 atom stereocenters. The molecule has 1 aliphatic rings. The maximum atomic E-state index is 13.0. The Labute approximate surface area is 153 Å². The lowest BCUT2D eigenvalue weighted by molar-refractivity contribution is -0.117. The van der Waals surface area contributed by atoms with Gasteiger partial charge in [0.25, 0.3) is 0 Å². The topological polar surface area (TPSA) is 89.3 Å². The molecule has 0 aromatic carbocycles. The third-order valence-corrected chi connectivity index (χ3v) is 8.55. The van der Waals surface area contributed by atoms with Crippen LogP contribution in [0.4, 0.5) is 5.82 Å². The van der Waals surface area contributed by atoms with E-state index in [1.807, 2.05) is 34.6 Å². The van der Waals surface area contributed by atoms with E-state index >= 15 is 0 Å². The summed E-state index contributed by atoms with van der Waals surface area (Å²) in [5, 5.41) is 5.61. The highest BCUT2D eigenvalue weighted by Gasteiger charge is 2.49. The van der Waals surface area contributed by atoms with E-state index in [1.165, 1.54) is 25.6 Å². The molecule has 0 fully saturated rings. The highest BCUT2D eigenvalue weighted by molar-refractivity contribution is 8.05. The van der Waals surface area contributed by atoms with Crippen LogP contribution in [0.1, 0.15) is 54.2 Å². The van der Waals surface area contributed by atoms with Crippen LogP contribution in [0.3, 0.4) is 0 Å². The summed E-state index contributed by atoms with van der Waals surface area (Å²) in [5.41, 5.74) is -0.254. The fourth-order valence-electron chi connectivity index (χ4n) is 2.53. The van der Waals surface area contributed by atoms with Crippen LogP contribution in [0.5, 0.6) is 0 Å². The first-order valence-corrected chi connectivity index (χ1v) is 10.6. The van der Waals surface area contributed by atoms with Crippen LogP contribution in [0.2, 0.25) is 0 Å². The largest absolute Gasteiger partial charge is 0.359 e. The second-order valence-corrected chi connectivity index (χ2v) is 12.2. The van der Waals surface area contributed by atoms with E-state index < -0.39 is 25.7 Å². The summed E-state index contributed by atoms with van der Waals surface area (Å²) in [6.45, 7) is 12.5. The summed E-state index contributed by atoms with van der Waals surface area (Å²) in [6.07, 6.45) is 1.73. The number of aromatic nitrogens is 1. The van der Waals surface area contributed by atoms with Gasteiger partial charge >= 0.3 is 0 Å². The van der Waals surface area contributed by atoms with Crippen LogP contribution in [0.15, 0.2) is 21.6 Å². The van der Waals surface area contributed by atoms with E-state index in [0.717, 1.165) is 4.91 Å². The third kappa shape index (κ3) is 3.79. The maximum absolute atomic E-state index is 13.0. The quantitative estimate of drug-likeness (QED) is 0.852. The number of anilines is 1. The number of hydrogen-bond donors (Lipinski definition) is 1. The highest BCUT2D eigenvalue weighted by atomic mass is 32.2. The Hall–Kier alpha value is -1.28. The van der Waals surface area contributed by atoms with Gasteiger partial charge in [0.2, 0.25) is 5.91 Å². The SMILES string of the molecule is CC1=CC(S(=O)(=O)C(C)(C)C(=O)Nc2cc(C(C)(C)C)on2)C(C)S1. The molecule has 1 aromatic rings. The van der Waals surface area contributed by atoms with Crippen molar-refractivity contribution in [2.75, 3.05) is 5.32 Å². The minimum Gasteiger partial charge on any atom is -0.359 e. The Kier molecular flexibility index (Phi) is 5.18. The minimum atomic E-state index is -3.73. The lowest BCUT2D eigenvalue weighted by Crippen LogP contribution is -2.49. The maximum Gasteiger partial charge on any atom is 0.246 e. The molecule has 1 amide bonds. The molecule has 0 radical (unpaired) electrons. The first-order chi connectivity index (χ1) is 11.3. The average molecular weight is 387 g/mol. The predicted molar refractivity (Wildman–Crippen MR) is 101 cm³/mol. The fourth-order valence-corrected chi connectivity index (χ4v) is 6.13. The zero-order valence-electron chi connectivity index (χ0n) is 15.7. The molecule has 1 aliphatic heterocycles. The van der Waals surface area contributed by atoms with Gasteiger partial charge in [-0.15, -0.1) is 11.8 Å². The number of sulfone groups is 1. The van der Waals surface area contributed by atoms with E-state index in [0.29, 0.717) is 5.76 Å². The van der Waals surface area contributed by atoms with Crippen molar-refractivity contribution in [3.05, 3.63) is 22.8 Å². The summed E-state index contributed by atoms with van der Waals surface area (Å²) in [6, 6.07) is 1.62. The van der Waals surface area contributed by atoms with Gasteiger partial charge in [0.1, 0.15) is 10.5 Å². The standard InChI is InChI=1S/C17H26N2O4S2/c1-10-8-12(11(2)24-10)25(21,22)17(6,7)15(20)18-14-9-13(23-19-14)16(3,4)5/h8-9,11-12H,1-7H3,(H,18,19,20). The van der Waals surface area contributed by atoms with Gasteiger partial charge in [0, 0.05) is 16.7 Å². The predicted octanol–water partition coefficient (Wildman–Crippen LogP) is 3.51. The lowest BCUT2D eigenvalue weighted by Gasteiger charge is -2.27. The number of allylic oxidation sites excluding steroid dienone is 1. The van der Waals surface area contributed by atoms with E-state index in [4.69, 9.17) is 4.52 Å². The second-order valence-electron chi connectivity index (χ2n) is 7.90. The van der Waals surface area contributed by atoms with E-state index in [1.54, 1.807) is 12.1 Å². The Morgan fingerprint density at radius 3 is 2.32 bits per heavy atom. The van der Waals surface area contributed by atoms with Crippen molar-refractivity contribution < 1.29 is 17.7 Å². The molecule has 2 heterocycles. The van der Waals surface area contributed by atoms with Gasteiger partial charge in [-0.3, -0.25) is 4.79 Å². The molecule has 6 nitrogen and oxygen atoms in total. The molecule has 2 unspecified atom stereocenters. The van der Waals surface area contributed by atoms with Crippen molar-refractivity contribution in [2.24, 2.45) is 0 Å². The Morgan fingerprint density at radius 2 is 1.88 bits per heavy atom. The zero-order chi connectivity index (χ0) is 19.2. The number of carbonyl (C=O) groups is 1. The summed E-state index contributed by atoms with van der Waals surface area (Å²) in [4.78, 5) is 13.6. The van der Waals surface area contributed by atoms with Crippen molar-refractivity contribution in [3.63, 3.8) is 0 Å². The molecule has 2 rings (SSSR count). The van der Waals surface area contributed by atoms with Gasteiger partial charge in [-0.25, -0.2) is 8.42 Å².